The molecule has 0 aliphatic rings. The molecule has 0 spiro atoms. The Morgan fingerprint density at radius 3 is 2.73 bits per heavy atom. The number of imidazole rings is 1. The predicted octanol–water partition coefficient (Wildman–Crippen LogP) is 5.74. The van der Waals surface area contributed by atoms with E-state index < -0.39 is 0 Å². The van der Waals surface area contributed by atoms with E-state index in [-0.39, 0.29) is 5.91 Å². The van der Waals surface area contributed by atoms with Crippen LogP contribution in [0, 0.1) is 6.92 Å². The summed E-state index contributed by atoms with van der Waals surface area (Å²) in [6, 6.07) is 19.1. The fourth-order valence-corrected chi connectivity index (χ4v) is 3.22. The summed E-state index contributed by atoms with van der Waals surface area (Å²) in [5.41, 5.74) is 5.21. The Kier molecular flexibility index (Phi) is 5.80. The third-order valence-electron chi connectivity index (χ3n) is 4.92. The van der Waals surface area contributed by atoms with Crippen molar-refractivity contribution in [1.82, 2.24) is 9.38 Å². The number of fused-ring (bicyclic) bond motifs is 1. The van der Waals surface area contributed by atoms with E-state index in [1.807, 2.05) is 66.2 Å². The molecule has 0 saturated heterocycles. The SMILES string of the molecule is CCCCOc1ccc(C(=O)Nc2cccc(-c3cn4ccc(C)cc4n3)c2)cc1. The fraction of sp³-hybridized carbons (Fsp3) is 0.200. The summed E-state index contributed by atoms with van der Waals surface area (Å²) in [5.74, 6) is 0.627. The Balaban J connectivity index is 1.47. The summed E-state index contributed by atoms with van der Waals surface area (Å²) < 4.78 is 7.65. The van der Waals surface area contributed by atoms with Gasteiger partial charge in [0.05, 0.1) is 12.3 Å². The Morgan fingerprint density at radius 2 is 1.93 bits per heavy atom. The van der Waals surface area contributed by atoms with E-state index in [2.05, 4.69) is 18.3 Å². The maximum Gasteiger partial charge on any atom is 0.255 e. The van der Waals surface area contributed by atoms with Gasteiger partial charge in [-0.05, 0) is 67.4 Å². The first-order chi connectivity index (χ1) is 14.6. The number of amides is 1. The van der Waals surface area contributed by atoms with Crippen molar-refractivity contribution in [2.45, 2.75) is 26.7 Å². The molecular weight excluding hydrogens is 374 g/mol. The normalized spacial score (nSPS) is 10.9. The zero-order valence-corrected chi connectivity index (χ0v) is 17.3. The average Bonchev–Trinajstić information content (AvgIpc) is 3.18. The number of pyridine rings is 1. The number of carbonyl (C=O) groups is 1. The quantitative estimate of drug-likeness (QED) is 0.403. The van der Waals surface area contributed by atoms with Gasteiger partial charge in [-0.3, -0.25) is 4.79 Å². The maximum atomic E-state index is 12.6. The molecule has 1 N–H and O–H groups in total. The molecule has 2 aromatic carbocycles. The van der Waals surface area contributed by atoms with Crippen molar-refractivity contribution in [3.05, 3.63) is 84.2 Å². The molecule has 5 heteroatoms. The number of hydrogen-bond donors (Lipinski definition) is 1. The number of carbonyl (C=O) groups excluding carboxylic acids is 1. The van der Waals surface area contributed by atoms with Crippen LogP contribution in [0.5, 0.6) is 5.75 Å². The van der Waals surface area contributed by atoms with Gasteiger partial charge in [-0.15, -0.1) is 0 Å². The van der Waals surface area contributed by atoms with Gasteiger partial charge in [0, 0.05) is 29.2 Å². The number of aromatic nitrogens is 2. The molecule has 0 fully saturated rings. The van der Waals surface area contributed by atoms with Crippen LogP contribution in [0.3, 0.4) is 0 Å². The second-order valence-corrected chi connectivity index (χ2v) is 7.36. The third-order valence-corrected chi connectivity index (χ3v) is 4.92. The van der Waals surface area contributed by atoms with Crippen molar-refractivity contribution in [3.63, 3.8) is 0 Å². The molecule has 0 unspecified atom stereocenters. The summed E-state index contributed by atoms with van der Waals surface area (Å²) in [6.07, 6.45) is 6.11. The van der Waals surface area contributed by atoms with Crippen LogP contribution in [0.1, 0.15) is 35.7 Å². The zero-order chi connectivity index (χ0) is 20.9. The highest BCUT2D eigenvalue weighted by Crippen LogP contribution is 2.23. The average molecular weight is 399 g/mol. The molecule has 0 aliphatic heterocycles. The Bertz CT molecular complexity index is 1160. The van der Waals surface area contributed by atoms with Gasteiger partial charge in [-0.25, -0.2) is 4.98 Å². The van der Waals surface area contributed by atoms with Crippen LogP contribution < -0.4 is 10.1 Å². The summed E-state index contributed by atoms with van der Waals surface area (Å²) in [5, 5.41) is 2.97. The van der Waals surface area contributed by atoms with Crippen LogP contribution >= 0.6 is 0 Å². The molecule has 152 valence electrons. The highest BCUT2D eigenvalue weighted by atomic mass is 16.5. The first kappa shape index (κ1) is 19.7. The lowest BCUT2D eigenvalue weighted by Gasteiger charge is -2.08. The number of benzene rings is 2. The molecule has 1 amide bonds. The summed E-state index contributed by atoms with van der Waals surface area (Å²) in [7, 11) is 0. The van der Waals surface area contributed by atoms with Gasteiger partial charge in [-0.1, -0.05) is 25.5 Å². The number of anilines is 1. The molecule has 0 atom stereocenters. The third kappa shape index (κ3) is 4.51. The molecule has 4 rings (SSSR count). The zero-order valence-electron chi connectivity index (χ0n) is 17.3. The summed E-state index contributed by atoms with van der Waals surface area (Å²) in [6.45, 7) is 4.87. The lowest BCUT2D eigenvalue weighted by molar-refractivity contribution is 0.102. The predicted molar refractivity (Wildman–Crippen MR) is 120 cm³/mol. The van der Waals surface area contributed by atoms with Crippen LogP contribution in [0.2, 0.25) is 0 Å². The maximum absolute atomic E-state index is 12.6. The van der Waals surface area contributed by atoms with Crippen molar-refractivity contribution in [3.8, 4) is 17.0 Å². The second kappa shape index (κ2) is 8.82. The Morgan fingerprint density at radius 1 is 1.10 bits per heavy atom. The largest absolute Gasteiger partial charge is 0.494 e. The van der Waals surface area contributed by atoms with Gasteiger partial charge in [-0.2, -0.15) is 0 Å². The molecule has 30 heavy (non-hydrogen) atoms. The summed E-state index contributed by atoms with van der Waals surface area (Å²) >= 11 is 0. The van der Waals surface area contributed by atoms with Crippen LogP contribution in [-0.2, 0) is 0 Å². The van der Waals surface area contributed by atoms with Crippen LogP contribution in [0.4, 0.5) is 5.69 Å². The van der Waals surface area contributed by atoms with E-state index in [4.69, 9.17) is 9.72 Å². The van der Waals surface area contributed by atoms with E-state index in [0.29, 0.717) is 12.2 Å². The highest BCUT2D eigenvalue weighted by molar-refractivity contribution is 6.04. The number of nitrogens with zero attached hydrogens (tertiary/aromatic N) is 2. The topological polar surface area (TPSA) is 55.6 Å². The lowest BCUT2D eigenvalue weighted by Crippen LogP contribution is -2.11. The van der Waals surface area contributed by atoms with Crippen molar-refractivity contribution in [2.75, 3.05) is 11.9 Å². The number of rotatable bonds is 7. The van der Waals surface area contributed by atoms with Gasteiger partial charge in [0.15, 0.2) is 0 Å². The van der Waals surface area contributed by atoms with E-state index in [1.165, 1.54) is 5.56 Å². The number of ether oxygens (including phenoxy) is 1. The number of unbranched alkanes of at least 4 members (excludes halogenated alkanes) is 1. The van der Waals surface area contributed by atoms with Crippen LogP contribution in [-0.4, -0.2) is 21.9 Å². The van der Waals surface area contributed by atoms with Crippen molar-refractivity contribution < 1.29 is 9.53 Å². The minimum absolute atomic E-state index is 0.155. The van der Waals surface area contributed by atoms with Gasteiger partial charge in [0.25, 0.3) is 5.91 Å². The molecule has 0 bridgehead atoms. The monoisotopic (exact) mass is 399 g/mol. The molecule has 2 heterocycles. The highest BCUT2D eigenvalue weighted by Gasteiger charge is 2.09. The van der Waals surface area contributed by atoms with Gasteiger partial charge in [0.1, 0.15) is 11.4 Å². The van der Waals surface area contributed by atoms with Crippen molar-refractivity contribution in [2.24, 2.45) is 0 Å². The molecule has 4 aromatic rings. The number of nitrogens with one attached hydrogen (secondary N) is 1. The van der Waals surface area contributed by atoms with Crippen molar-refractivity contribution >= 4 is 17.2 Å². The fourth-order valence-electron chi connectivity index (χ4n) is 3.22. The first-order valence-corrected chi connectivity index (χ1v) is 10.2. The Hall–Kier alpha value is -3.60. The molecule has 0 aliphatic carbocycles. The van der Waals surface area contributed by atoms with E-state index in [1.54, 1.807) is 12.1 Å². The van der Waals surface area contributed by atoms with E-state index in [0.717, 1.165) is 41.2 Å². The molecule has 5 nitrogen and oxygen atoms in total. The first-order valence-electron chi connectivity index (χ1n) is 10.2. The smallest absolute Gasteiger partial charge is 0.255 e. The van der Waals surface area contributed by atoms with Gasteiger partial charge in [0.2, 0.25) is 0 Å². The molecule has 2 aromatic heterocycles. The van der Waals surface area contributed by atoms with Crippen LogP contribution in [0.25, 0.3) is 16.9 Å². The molecular formula is C25H25N3O2. The number of hydrogen-bond acceptors (Lipinski definition) is 3. The van der Waals surface area contributed by atoms with E-state index in [9.17, 15) is 4.79 Å². The van der Waals surface area contributed by atoms with Crippen LogP contribution in [0.15, 0.2) is 73.1 Å². The van der Waals surface area contributed by atoms with Gasteiger partial charge < -0.3 is 14.5 Å². The minimum Gasteiger partial charge on any atom is -0.494 e. The standard InChI is InChI=1S/C25H25N3O2/c1-3-4-14-30-22-10-8-19(9-11-22)25(29)26-21-7-5-6-20(16-21)23-17-28-13-12-18(2)15-24(28)27-23/h5-13,15-17H,3-4,14H2,1-2H3,(H,26,29). The van der Waals surface area contributed by atoms with E-state index >= 15 is 0 Å². The summed E-state index contributed by atoms with van der Waals surface area (Å²) in [4.78, 5) is 17.3. The minimum atomic E-state index is -0.155. The van der Waals surface area contributed by atoms with Gasteiger partial charge >= 0.3 is 0 Å². The molecule has 0 radical (unpaired) electrons. The Labute approximate surface area is 176 Å². The lowest BCUT2D eigenvalue weighted by atomic mass is 10.1. The second-order valence-electron chi connectivity index (χ2n) is 7.36. The number of aryl methyl sites for hydroxylation is 1. The molecule has 0 saturated carbocycles. The van der Waals surface area contributed by atoms with Crippen molar-refractivity contribution in [1.29, 1.82) is 0 Å².